The van der Waals surface area contributed by atoms with Gasteiger partial charge in [0.05, 0.1) is 13.1 Å². The summed E-state index contributed by atoms with van der Waals surface area (Å²) < 4.78 is 5.36. The average molecular weight is 343 g/mol. The van der Waals surface area contributed by atoms with Crippen LogP contribution in [0.2, 0.25) is 0 Å². The Kier molecular flexibility index (Phi) is 6.16. The summed E-state index contributed by atoms with van der Waals surface area (Å²) in [5, 5.41) is 13.0. The highest BCUT2D eigenvalue weighted by Crippen LogP contribution is 2.19. The molecular formula is C18H25N5O2. The quantitative estimate of drug-likeness (QED) is 0.570. The molecule has 1 amide bonds. The normalized spacial score (nSPS) is 11.9. The van der Waals surface area contributed by atoms with Gasteiger partial charge in [-0.2, -0.15) is 0 Å². The number of carbonyl (C=O) groups excluding carboxylic acids is 1. The number of carbonyl (C=O) groups is 1. The molecule has 0 saturated heterocycles. The number of nitrogens with one attached hydrogen (secondary N) is 3. The minimum absolute atomic E-state index is 0.0942. The number of nitrogens with zero attached hydrogens (tertiary/aromatic N) is 2. The van der Waals surface area contributed by atoms with E-state index in [1.165, 1.54) is 0 Å². The highest BCUT2D eigenvalue weighted by Gasteiger charge is 2.14. The van der Waals surface area contributed by atoms with Crippen LogP contribution in [0.15, 0.2) is 45.9 Å². The van der Waals surface area contributed by atoms with Gasteiger partial charge in [-0.3, -0.25) is 9.79 Å². The standard InChI is InChI=1S/C18H25N5O2/c1-18(2,3)22-16(24)12-21-17(19-4)20-11-14-10-15(25-23-14)13-8-6-5-7-9-13/h5-10H,11-12H2,1-4H3,(H,22,24)(H2,19,20,21). The summed E-state index contributed by atoms with van der Waals surface area (Å²) in [7, 11) is 1.65. The second-order valence-electron chi connectivity index (χ2n) is 6.63. The number of rotatable bonds is 5. The molecule has 2 rings (SSSR count). The lowest BCUT2D eigenvalue weighted by molar-refractivity contribution is -0.121. The molecule has 1 aromatic carbocycles. The van der Waals surface area contributed by atoms with Crippen molar-refractivity contribution in [2.24, 2.45) is 4.99 Å². The molecule has 0 aliphatic carbocycles. The molecule has 2 aromatic rings. The van der Waals surface area contributed by atoms with Crippen LogP contribution in [-0.2, 0) is 11.3 Å². The predicted octanol–water partition coefficient (Wildman–Crippen LogP) is 1.92. The van der Waals surface area contributed by atoms with E-state index in [1.807, 2.05) is 57.2 Å². The van der Waals surface area contributed by atoms with Crippen molar-refractivity contribution in [3.63, 3.8) is 0 Å². The Balaban J connectivity index is 1.83. The first-order chi connectivity index (χ1) is 11.9. The van der Waals surface area contributed by atoms with E-state index in [0.29, 0.717) is 18.3 Å². The van der Waals surface area contributed by atoms with Crippen molar-refractivity contribution < 1.29 is 9.32 Å². The van der Waals surface area contributed by atoms with E-state index in [1.54, 1.807) is 7.05 Å². The third kappa shape index (κ3) is 6.29. The summed E-state index contributed by atoms with van der Waals surface area (Å²) in [4.78, 5) is 15.9. The second-order valence-corrected chi connectivity index (χ2v) is 6.63. The fourth-order valence-corrected chi connectivity index (χ4v) is 2.15. The second kappa shape index (κ2) is 8.32. The van der Waals surface area contributed by atoms with Crippen molar-refractivity contribution in [1.29, 1.82) is 0 Å². The monoisotopic (exact) mass is 343 g/mol. The minimum Gasteiger partial charge on any atom is -0.356 e. The van der Waals surface area contributed by atoms with E-state index < -0.39 is 0 Å². The molecule has 134 valence electrons. The zero-order valence-electron chi connectivity index (χ0n) is 15.1. The Morgan fingerprint density at radius 1 is 1.20 bits per heavy atom. The van der Waals surface area contributed by atoms with Gasteiger partial charge in [-0.1, -0.05) is 35.5 Å². The lowest BCUT2D eigenvalue weighted by Gasteiger charge is -2.21. The third-order valence-corrected chi connectivity index (χ3v) is 3.21. The summed E-state index contributed by atoms with van der Waals surface area (Å²) in [6.45, 7) is 6.40. The van der Waals surface area contributed by atoms with Crippen LogP contribution in [0.4, 0.5) is 0 Å². The zero-order valence-corrected chi connectivity index (χ0v) is 15.1. The lowest BCUT2D eigenvalue weighted by Crippen LogP contribution is -2.48. The first kappa shape index (κ1) is 18.5. The SMILES string of the molecule is CN=C(NCC(=O)NC(C)(C)C)NCc1cc(-c2ccccc2)on1. The van der Waals surface area contributed by atoms with Crippen LogP contribution < -0.4 is 16.0 Å². The van der Waals surface area contributed by atoms with Crippen molar-refractivity contribution in [3.8, 4) is 11.3 Å². The maximum absolute atomic E-state index is 11.8. The smallest absolute Gasteiger partial charge is 0.239 e. The van der Waals surface area contributed by atoms with E-state index in [9.17, 15) is 4.79 Å². The van der Waals surface area contributed by atoms with Crippen LogP contribution in [-0.4, -0.2) is 36.2 Å². The minimum atomic E-state index is -0.260. The highest BCUT2D eigenvalue weighted by atomic mass is 16.5. The van der Waals surface area contributed by atoms with Gasteiger partial charge in [0, 0.05) is 24.2 Å². The summed E-state index contributed by atoms with van der Waals surface area (Å²) in [5.41, 5.74) is 1.47. The van der Waals surface area contributed by atoms with Gasteiger partial charge in [-0.25, -0.2) is 0 Å². The Bertz CT molecular complexity index is 717. The number of amides is 1. The van der Waals surface area contributed by atoms with Crippen LogP contribution in [0.3, 0.4) is 0 Å². The Hall–Kier alpha value is -2.83. The van der Waals surface area contributed by atoms with Gasteiger partial charge < -0.3 is 20.5 Å². The molecule has 0 radical (unpaired) electrons. The van der Waals surface area contributed by atoms with Crippen molar-refractivity contribution in [3.05, 3.63) is 42.1 Å². The Labute approximate surface area is 147 Å². The van der Waals surface area contributed by atoms with Gasteiger partial charge >= 0.3 is 0 Å². The summed E-state index contributed by atoms with van der Waals surface area (Å²) >= 11 is 0. The first-order valence-electron chi connectivity index (χ1n) is 8.14. The average Bonchev–Trinajstić information content (AvgIpc) is 3.03. The van der Waals surface area contributed by atoms with E-state index in [4.69, 9.17) is 4.52 Å². The van der Waals surface area contributed by atoms with Gasteiger partial charge in [0.25, 0.3) is 0 Å². The maximum atomic E-state index is 11.8. The Morgan fingerprint density at radius 3 is 2.56 bits per heavy atom. The molecular weight excluding hydrogens is 318 g/mol. The fraction of sp³-hybridized carbons (Fsp3) is 0.389. The van der Waals surface area contributed by atoms with Gasteiger partial charge in [0.2, 0.25) is 5.91 Å². The molecule has 1 heterocycles. The van der Waals surface area contributed by atoms with Crippen molar-refractivity contribution in [2.75, 3.05) is 13.6 Å². The molecule has 0 fully saturated rings. The fourth-order valence-electron chi connectivity index (χ4n) is 2.15. The topological polar surface area (TPSA) is 91.5 Å². The van der Waals surface area contributed by atoms with Gasteiger partial charge in [0.1, 0.15) is 5.69 Å². The van der Waals surface area contributed by atoms with Crippen LogP contribution in [0, 0.1) is 0 Å². The first-order valence-corrected chi connectivity index (χ1v) is 8.14. The molecule has 0 aliphatic heterocycles. The van der Waals surface area contributed by atoms with Crippen LogP contribution in [0.25, 0.3) is 11.3 Å². The zero-order chi connectivity index (χ0) is 18.3. The van der Waals surface area contributed by atoms with Crippen molar-refractivity contribution >= 4 is 11.9 Å². The molecule has 0 bridgehead atoms. The molecule has 0 atom stereocenters. The number of aliphatic imine (C=N–C) groups is 1. The highest BCUT2D eigenvalue weighted by molar-refractivity contribution is 5.86. The van der Waals surface area contributed by atoms with E-state index in [2.05, 4.69) is 26.1 Å². The largest absolute Gasteiger partial charge is 0.356 e. The Morgan fingerprint density at radius 2 is 1.92 bits per heavy atom. The molecule has 7 nitrogen and oxygen atoms in total. The lowest BCUT2D eigenvalue weighted by atomic mass is 10.1. The van der Waals surface area contributed by atoms with Gasteiger partial charge in [-0.15, -0.1) is 0 Å². The van der Waals surface area contributed by atoms with Crippen molar-refractivity contribution in [1.82, 2.24) is 21.1 Å². The van der Waals surface area contributed by atoms with Crippen LogP contribution in [0.1, 0.15) is 26.5 Å². The number of hydrogen-bond acceptors (Lipinski definition) is 4. The van der Waals surface area contributed by atoms with E-state index in [0.717, 1.165) is 11.3 Å². The molecule has 25 heavy (non-hydrogen) atoms. The predicted molar refractivity (Wildman–Crippen MR) is 98.0 cm³/mol. The van der Waals surface area contributed by atoms with Gasteiger partial charge in [0.15, 0.2) is 11.7 Å². The molecule has 0 unspecified atom stereocenters. The third-order valence-electron chi connectivity index (χ3n) is 3.21. The molecule has 1 aromatic heterocycles. The summed E-state index contributed by atoms with van der Waals surface area (Å²) in [5.74, 6) is 1.14. The number of guanidine groups is 1. The van der Waals surface area contributed by atoms with E-state index in [-0.39, 0.29) is 18.0 Å². The van der Waals surface area contributed by atoms with Crippen LogP contribution in [0.5, 0.6) is 0 Å². The summed E-state index contributed by atoms with van der Waals surface area (Å²) in [6.07, 6.45) is 0. The number of benzene rings is 1. The molecule has 0 spiro atoms. The molecule has 3 N–H and O–H groups in total. The molecule has 0 saturated carbocycles. The molecule has 7 heteroatoms. The maximum Gasteiger partial charge on any atom is 0.239 e. The van der Waals surface area contributed by atoms with Crippen LogP contribution >= 0.6 is 0 Å². The summed E-state index contributed by atoms with van der Waals surface area (Å²) in [6, 6.07) is 11.7. The number of hydrogen-bond donors (Lipinski definition) is 3. The number of aromatic nitrogens is 1. The molecule has 0 aliphatic rings. The van der Waals surface area contributed by atoms with Crippen molar-refractivity contribution in [2.45, 2.75) is 32.9 Å². The van der Waals surface area contributed by atoms with E-state index >= 15 is 0 Å². The van der Waals surface area contributed by atoms with Gasteiger partial charge in [-0.05, 0) is 20.8 Å².